The molecule has 1 atom stereocenters. The third-order valence-electron chi connectivity index (χ3n) is 6.10. The predicted octanol–water partition coefficient (Wildman–Crippen LogP) is 2.61. The molecule has 0 bridgehead atoms. The minimum Gasteiger partial charge on any atom is -0.357 e. The van der Waals surface area contributed by atoms with Crippen LogP contribution in [0.4, 0.5) is 0 Å². The highest BCUT2D eigenvalue weighted by atomic mass is 15.2. The van der Waals surface area contributed by atoms with Crippen LogP contribution in [0.3, 0.4) is 0 Å². The van der Waals surface area contributed by atoms with E-state index in [1.165, 1.54) is 58.0 Å². The fourth-order valence-corrected chi connectivity index (χ4v) is 4.36. The van der Waals surface area contributed by atoms with Gasteiger partial charge in [0.1, 0.15) is 0 Å². The van der Waals surface area contributed by atoms with Gasteiger partial charge in [0.25, 0.3) is 0 Å². The summed E-state index contributed by atoms with van der Waals surface area (Å²) in [6.45, 7) is 9.89. The second kappa shape index (κ2) is 7.20. The van der Waals surface area contributed by atoms with E-state index in [0.29, 0.717) is 11.5 Å². The first-order chi connectivity index (χ1) is 10.8. The van der Waals surface area contributed by atoms with E-state index in [4.69, 9.17) is 4.99 Å². The molecule has 2 saturated carbocycles. The van der Waals surface area contributed by atoms with Gasteiger partial charge < -0.3 is 10.6 Å². The van der Waals surface area contributed by atoms with Crippen molar-refractivity contribution in [3.05, 3.63) is 0 Å². The Morgan fingerprint density at radius 1 is 1.14 bits per heavy atom. The number of nitrogens with one attached hydrogen (secondary N) is 2. The standard InChI is InChI=1S/C18H34N4/c1-3-19-17(20-13-16-7-5-12-22(16)4-2)21-14-18(10-6-11-18)15-8-9-15/h15-16H,3-14H2,1-2H3,(H2,19,20,21). The molecule has 0 amide bonds. The predicted molar refractivity (Wildman–Crippen MR) is 93.3 cm³/mol. The Balaban J connectivity index is 1.51. The summed E-state index contributed by atoms with van der Waals surface area (Å²) < 4.78 is 0. The van der Waals surface area contributed by atoms with E-state index in [1.54, 1.807) is 0 Å². The van der Waals surface area contributed by atoms with Crippen LogP contribution in [0.1, 0.15) is 58.8 Å². The normalized spacial score (nSPS) is 28.5. The molecule has 22 heavy (non-hydrogen) atoms. The summed E-state index contributed by atoms with van der Waals surface area (Å²) in [6, 6.07) is 0.690. The Morgan fingerprint density at radius 2 is 1.95 bits per heavy atom. The van der Waals surface area contributed by atoms with Crippen LogP contribution in [-0.4, -0.2) is 49.6 Å². The van der Waals surface area contributed by atoms with Crippen molar-refractivity contribution < 1.29 is 0 Å². The molecule has 3 aliphatic rings. The smallest absolute Gasteiger partial charge is 0.191 e. The van der Waals surface area contributed by atoms with Gasteiger partial charge in [-0.05, 0) is 69.9 Å². The van der Waals surface area contributed by atoms with Crippen molar-refractivity contribution in [2.24, 2.45) is 16.3 Å². The number of hydrogen-bond donors (Lipinski definition) is 2. The molecule has 0 aromatic rings. The molecule has 3 fully saturated rings. The van der Waals surface area contributed by atoms with E-state index in [-0.39, 0.29) is 0 Å². The molecule has 4 nitrogen and oxygen atoms in total. The highest BCUT2D eigenvalue weighted by Gasteiger charge is 2.48. The number of rotatable bonds is 7. The first-order valence-corrected chi connectivity index (χ1v) is 9.53. The zero-order valence-corrected chi connectivity index (χ0v) is 14.5. The van der Waals surface area contributed by atoms with Crippen LogP contribution in [0.2, 0.25) is 0 Å². The SMILES string of the molecule is CCNC(=NCC1(C2CC2)CCC1)NCC1CCCN1CC. The van der Waals surface area contributed by atoms with E-state index in [0.717, 1.165) is 31.5 Å². The summed E-state index contributed by atoms with van der Waals surface area (Å²) in [6.07, 6.45) is 9.81. The van der Waals surface area contributed by atoms with Gasteiger partial charge in [0.2, 0.25) is 0 Å². The van der Waals surface area contributed by atoms with Crippen molar-refractivity contribution >= 4 is 5.96 Å². The molecule has 1 unspecified atom stereocenters. The molecule has 1 aliphatic heterocycles. The van der Waals surface area contributed by atoms with Gasteiger partial charge in [-0.15, -0.1) is 0 Å². The fraction of sp³-hybridized carbons (Fsp3) is 0.944. The maximum absolute atomic E-state index is 4.96. The number of nitrogens with zero attached hydrogens (tertiary/aromatic N) is 2. The third-order valence-corrected chi connectivity index (χ3v) is 6.10. The van der Waals surface area contributed by atoms with Crippen molar-refractivity contribution in [2.45, 2.75) is 64.8 Å². The van der Waals surface area contributed by atoms with Crippen LogP contribution in [0.5, 0.6) is 0 Å². The number of likely N-dealkylation sites (tertiary alicyclic amines) is 1. The Hall–Kier alpha value is -0.770. The second-order valence-corrected chi connectivity index (χ2v) is 7.49. The van der Waals surface area contributed by atoms with Gasteiger partial charge in [0.15, 0.2) is 5.96 Å². The number of guanidine groups is 1. The lowest BCUT2D eigenvalue weighted by Gasteiger charge is -2.41. The molecule has 1 heterocycles. The molecule has 0 radical (unpaired) electrons. The highest BCUT2D eigenvalue weighted by molar-refractivity contribution is 5.79. The number of likely N-dealkylation sites (N-methyl/N-ethyl adjacent to an activating group) is 1. The molecule has 2 N–H and O–H groups in total. The monoisotopic (exact) mass is 306 g/mol. The van der Waals surface area contributed by atoms with Crippen molar-refractivity contribution in [1.82, 2.24) is 15.5 Å². The van der Waals surface area contributed by atoms with Crippen molar-refractivity contribution in [3.8, 4) is 0 Å². The van der Waals surface area contributed by atoms with E-state index < -0.39 is 0 Å². The lowest BCUT2D eigenvalue weighted by atomic mass is 9.65. The first kappa shape index (κ1) is 16.1. The Bertz CT molecular complexity index is 385. The zero-order valence-electron chi connectivity index (χ0n) is 14.5. The van der Waals surface area contributed by atoms with Gasteiger partial charge in [-0.25, -0.2) is 0 Å². The summed E-state index contributed by atoms with van der Waals surface area (Å²) >= 11 is 0. The minimum atomic E-state index is 0.575. The van der Waals surface area contributed by atoms with Crippen LogP contribution in [0, 0.1) is 11.3 Å². The summed E-state index contributed by atoms with van der Waals surface area (Å²) in [4.78, 5) is 7.55. The summed E-state index contributed by atoms with van der Waals surface area (Å²) in [5, 5.41) is 7.04. The average molecular weight is 306 g/mol. The maximum atomic E-state index is 4.96. The van der Waals surface area contributed by atoms with Crippen molar-refractivity contribution in [3.63, 3.8) is 0 Å². The second-order valence-electron chi connectivity index (χ2n) is 7.49. The highest BCUT2D eigenvalue weighted by Crippen LogP contribution is 2.57. The lowest BCUT2D eigenvalue weighted by Crippen LogP contribution is -2.45. The van der Waals surface area contributed by atoms with Gasteiger partial charge in [-0.3, -0.25) is 9.89 Å². The maximum Gasteiger partial charge on any atom is 0.191 e. The van der Waals surface area contributed by atoms with E-state index in [2.05, 4.69) is 29.4 Å². The molecular weight excluding hydrogens is 272 g/mol. The quantitative estimate of drug-likeness (QED) is 0.561. The molecule has 0 aromatic carbocycles. The van der Waals surface area contributed by atoms with Crippen LogP contribution < -0.4 is 10.6 Å². The van der Waals surface area contributed by atoms with Gasteiger partial charge in [-0.1, -0.05) is 13.3 Å². The average Bonchev–Trinajstić information content (AvgIpc) is 3.22. The van der Waals surface area contributed by atoms with E-state index in [1.807, 2.05) is 0 Å². The minimum absolute atomic E-state index is 0.575. The molecular formula is C18H34N4. The van der Waals surface area contributed by atoms with Crippen LogP contribution >= 0.6 is 0 Å². The van der Waals surface area contributed by atoms with Crippen molar-refractivity contribution in [1.29, 1.82) is 0 Å². The number of aliphatic imine (C=N–C) groups is 1. The largest absolute Gasteiger partial charge is 0.357 e. The van der Waals surface area contributed by atoms with Gasteiger partial charge >= 0.3 is 0 Å². The summed E-state index contributed by atoms with van der Waals surface area (Å²) in [7, 11) is 0. The molecule has 0 spiro atoms. The topological polar surface area (TPSA) is 39.7 Å². The van der Waals surface area contributed by atoms with Gasteiger partial charge in [0.05, 0.1) is 0 Å². The summed E-state index contributed by atoms with van der Waals surface area (Å²) in [5.41, 5.74) is 0.575. The van der Waals surface area contributed by atoms with Gasteiger partial charge in [-0.2, -0.15) is 0 Å². The summed E-state index contributed by atoms with van der Waals surface area (Å²) in [5.74, 6) is 2.02. The third kappa shape index (κ3) is 3.58. The molecule has 3 rings (SSSR count). The van der Waals surface area contributed by atoms with Crippen LogP contribution in [-0.2, 0) is 0 Å². The van der Waals surface area contributed by atoms with Gasteiger partial charge in [0, 0.05) is 25.7 Å². The number of hydrogen-bond acceptors (Lipinski definition) is 2. The molecule has 0 aromatic heterocycles. The fourth-order valence-electron chi connectivity index (χ4n) is 4.36. The molecule has 4 heteroatoms. The Kier molecular flexibility index (Phi) is 5.27. The van der Waals surface area contributed by atoms with E-state index >= 15 is 0 Å². The van der Waals surface area contributed by atoms with E-state index in [9.17, 15) is 0 Å². The Morgan fingerprint density at radius 3 is 2.55 bits per heavy atom. The molecule has 126 valence electrons. The molecule has 1 saturated heterocycles. The zero-order chi connectivity index (χ0) is 15.4. The Labute approximate surface area is 136 Å². The van der Waals surface area contributed by atoms with Crippen molar-refractivity contribution in [2.75, 3.05) is 32.7 Å². The lowest BCUT2D eigenvalue weighted by molar-refractivity contribution is 0.113. The molecule has 2 aliphatic carbocycles. The van der Waals surface area contributed by atoms with Crippen LogP contribution in [0.25, 0.3) is 0 Å². The first-order valence-electron chi connectivity index (χ1n) is 9.53. The van der Waals surface area contributed by atoms with Crippen LogP contribution in [0.15, 0.2) is 4.99 Å².